The van der Waals surface area contributed by atoms with Gasteiger partial charge in [0.05, 0.1) is 31.5 Å². The van der Waals surface area contributed by atoms with Gasteiger partial charge in [0.25, 0.3) is 0 Å². The Labute approximate surface area is 169 Å². The molecule has 0 heterocycles. The van der Waals surface area contributed by atoms with E-state index in [4.69, 9.17) is 26.3 Å². The number of halogens is 1. The standard InChI is InChI=1S/C21H22ClN3O3/c1-2-27-17-6-8-18(9-7-17)28-20-10-3-15(22)13-19(20)24-21(26)14-25(12-11-23)16-4-5-16/h3,6-10,13,16H,2,4-5,12,14H2,1H3,(H,24,26). The van der Waals surface area contributed by atoms with Gasteiger partial charge < -0.3 is 14.8 Å². The van der Waals surface area contributed by atoms with E-state index in [1.807, 2.05) is 24.0 Å². The highest BCUT2D eigenvalue weighted by Crippen LogP contribution is 2.33. The minimum atomic E-state index is -0.207. The number of nitriles is 1. The first-order chi connectivity index (χ1) is 13.6. The molecule has 0 aromatic heterocycles. The molecule has 0 radical (unpaired) electrons. The summed E-state index contributed by atoms with van der Waals surface area (Å²) in [6, 6.07) is 14.7. The van der Waals surface area contributed by atoms with Crippen LogP contribution in [0, 0.1) is 11.3 Å². The van der Waals surface area contributed by atoms with E-state index in [1.54, 1.807) is 30.3 Å². The molecule has 146 valence electrons. The number of ether oxygens (including phenoxy) is 2. The molecular weight excluding hydrogens is 378 g/mol. The molecule has 0 unspecified atom stereocenters. The first-order valence-corrected chi connectivity index (χ1v) is 9.58. The van der Waals surface area contributed by atoms with Crippen LogP contribution in [-0.4, -0.2) is 36.5 Å². The van der Waals surface area contributed by atoms with Crippen LogP contribution in [0.1, 0.15) is 19.8 Å². The molecule has 0 bridgehead atoms. The maximum atomic E-state index is 12.5. The summed E-state index contributed by atoms with van der Waals surface area (Å²) in [6.07, 6.45) is 2.05. The minimum Gasteiger partial charge on any atom is -0.494 e. The molecule has 1 aliphatic rings. The zero-order valence-corrected chi connectivity index (χ0v) is 16.4. The summed E-state index contributed by atoms with van der Waals surface area (Å²) in [4.78, 5) is 14.4. The van der Waals surface area contributed by atoms with Gasteiger partial charge in [-0.3, -0.25) is 9.69 Å². The lowest BCUT2D eigenvalue weighted by Gasteiger charge is -2.18. The lowest BCUT2D eigenvalue weighted by atomic mass is 10.2. The van der Waals surface area contributed by atoms with Crippen molar-refractivity contribution < 1.29 is 14.3 Å². The van der Waals surface area contributed by atoms with Crippen LogP contribution >= 0.6 is 11.6 Å². The SMILES string of the molecule is CCOc1ccc(Oc2ccc(Cl)cc2NC(=O)CN(CC#N)C2CC2)cc1. The van der Waals surface area contributed by atoms with Gasteiger partial charge in [0.15, 0.2) is 5.75 Å². The molecular formula is C21H22ClN3O3. The van der Waals surface area contributed by atoms with Crippen LogP contribution in [0.4, 0.5) is 5.69 Å². The van der Waals surface area contributed by atoms with Gasteiger partial charge >= 0.3 is 0 Å². The third-order valence-corrected chi connectivity index (χ3v) is 4.50. The van der Waals surface area contributed by atoms with Crippen molar-refractivity contribution >= 4 is 23.2 Å². The lowest BCUT2D eigenvalue weighted by molar-refractivity contribution is -0.117. The number of hydrogen-bond donors (Lipinski definition) is 1. The quantitative estimate of drug-likeness (QED) is 0.630. The van der Waals surface area contributed by atoms with Crippen molar-refractivity contribution in [2.45, 2.75) is 25.8 Å². The van der Waals surface area contributed by atoms with Crippen LogP contribution in [0.2, 0.25) is 5.02 Å². The number of anilines is 1. The number of hydrogen-bond acceptors (Lipinski definition) is 5. The summed E-state index contributed by atoms with van der Waals surface area (Å²) in [5.74, 6) is 1.66. The van der Waals surface area contributed by atoms with Crippen molar-refractivity contribution in [1.29, 1.82) is 5.26 Å². The molecule has 0 aliphatic heterocycles. The van der Waals surface area contributed by atoms with Crippen LogP contribution in [0.3, 0.4) is 0 Å². The van der Waals surface area contributed by atoms with Gasteiger partial charge in [0.1, 0.15) is 11.5 Å². The molecule has 3 rings (SSSR count). The molecule has 7 heteroatoms. The van der Waals surface area contributed by atoms with E-state index in [9.17, 15) is 4.79 Å². The monoisotopic (exact) mass is 399 g/mol. The molecule has 0 spiro atoms. The molecule has 1 N–H and O–H groups in total. The number of benzene rings is 2. The largest absolute Gasteiger partial charge is 0.494 e. The summed E-state index contributed by atoms with van der Waals surface area (Å²) in [5, 5.41) is 12.3. The first-order valence-electron chi connectivity index (χ1n) is 9.20. The predicted molar refractivity (Wildman–Crippen MR) is 108 cm³/mol. The Bertz CT molecular complexity index is 860. The molecule has 1 aliphatic carbocycles. The van der Waals surface area contributed by atoms with Crippen molar-refractivity contribution in [3.8, 4) is 23.3 Å². The summed E-state index contributed by atoms with van der Waals surface area (Å²) >= 11 is 6.10. The molecule has 28 heavy (non-hydrogen) atoms. The highest BCUT2D eigenvalue weighted by Gasteiger charge is 2.30. The molecule has 1 saturated carbocycles. The Hall–Kier alpha value is -2.75. The van der Waals surface area contributed by atoms with E-state index in [1.165, 1.54) is 0 Å². The van der Waals surface area contributed by atoms with Gasteiger partial charge in [-0.1, -0.05) is 11.6 Å². The maximum Gasteiger partial charge on any atom is 0.238 e. The van der Waals surface area contributed by atoms with E-state index in [0.29, 0.717) is 34.9 Å². The Balaban J connectivity index is 1.69. The Morgan fingerprint density at radius 1 is 1.25 bits per heavy atom. The number of nitrogens with zero attached hydrogens (tertiary/aromatic N) is 2. The molecule has 0 saturated heterocycles. The smallest absolute Gasteiger partial charge is 0.238 e. The number of carbonyl (C=O) groups is 1. The average molecular weight is 400 g/mol. The second-order valence-electron chi connectivity index (χ2n) is 6.49. The van der Waals surface area contributed by atoms with Crippen LogP contribution in [0.15, 0.2) is 42.5 Å². The molecule has 1 amide bonds. The lowest BCUT2D eigenvalue weighted by Crippen LogP contribution is -2.35. The Kier molecular flexibility index (Phi) is 6.75. The Morgan fingerprint density at radius 3 is 2.61 bits per heavy atom. The molecule has 2 aromatic rings. The van der Waals surface area contributed by atoms with E-state index in [-0.39, 0.29) is 19.0 Å². The van der Waals surface area contributed by atoms with Crippen molar-refractivity contribution in [3.05, 3.63) is 47.5 Å². The van der Waals surface area contributed by atoms with Gasteiger partial charge in [-0.25, -0.2) is 0 Å². The first kappa shape index (κ1) is 20.0. The van der Waals surface area contributed by atoms with Crippen molar-refractivity contribution in [3.63, 3.8) is 0 Å². The highest BCUT2D eigenvalue weighted by molar-refractivity contribution is 6.31. The highest BCUT2D eigenvalue weighted by atomic mass is 35.5. The van der Waals surface area contributed by atoms with E-state index >= 15 is 0 Å². The van der Waals surface area contributed by atoms with E-state index < -0.39 is 0 Å². The van der Waals surface area contributed by atoms with Gasteiger partial charge in [0.2, 0.25) is 5.91 Å². The molecule has 2 aromatic carbocycles. The predicted octanol–water partition coefficient (Wildman–Crippen LogP) is 4.46. The van der Waals surface area contributed by atoms with Crippen LogP contribution in [0.5, 0.6) is 17.2 Å². The number of amides is 1. The fraction of sp³-hybridized carbons (Fsp3) is 0.333. The summed E-state index contributed by atoms with van der Waals surface area (Å²) in [6.45, 7) is 2.92. The zero-order valence-electron chi connectivity index (χ0n) is 15.7. The maximum absolute atomic E-state index is 12.5. The van der Waals surface area contributed by atoms with Crippen molar-refractivity contribution in [2.75, 3.05) is 25.0 Å². The average Bonchev–Trinajstić information content (AvgIpc) is 3.50. The van der Waals surface area contributed by atoms with Crippen LogP contribution in [0.25, 0.3) is 0 Å². The fourth-order valence-corrected chi connectivity index (χ4v) is 2.98. The Morgan fingerprint density at radius 2 is 1.96 bits per heavy atom. The zero-order chi connectivity index (χ0) is 19.9. The molecule has 6 nitrogen and oxygen atoms in total. The fourth-order valence-electron chi connectivity index (χ4n) is 2.81. The third-order valence-electron chi connectivity index (χ3n) is 4.26. The van der Waals surface area contributed by atoms with Gasteiger partial charge in [0, 0.05) is 11.1 Å². The minimum absolute atomic E-state index is 0.160. The number of nitrogens with one attached hydrogen (secondary N) is 1. The summed E-state index contributed by atoms with van der Waals surface area (Å²) < 4.78 is 11.3. The second kappa shape index (κ2) is 9.45. The second-order valence-corrected chi connectivity index (χ2v) is 6.93. The van der Waals surface area contributed by atoms with Gasteiger partial charge in [-0.05, 0) is 62.2 Å². The van der Waals surface area contributed by atoms with E-state index in [0.717, 1.165) is 18.6 Å². The van der Waals surface area contributed by atoms with Crippen LogP contribution < -0.4 is 14.8 Å². The normalized spacial score (nSPS) is 13.1. The number of carbonyl (C=O) groups excluding carboxylic acids is 1. The summed E-state index contributed by atoms with van der Waals surface area (Å²) in [7, 11) is 0. The third kappa shape index (κ3) is 5.62. The molecule has 0 atom stereocenters. The van der Waals surface area contributed by atoms with Gasteiger partial charge in [-0.15, -0.1) is 0 Å². The summed E-state index contributed by atoms with van der Waals surface area (Å²) in [5.41, 5.74) is 0.485. The topological polar surface area (TPSA) is 74.6 Å². The van der Waals surface area contributed by atoms with Crippen molar-refractivity contribution in [2.24, 2.45) is 0 Å². The molecule has 1 fully saturated rings. The van der Waals surface area contributed by atoms with E-state index in [2.05, 4.69) is 11.4 Å². The number of rotatable bonds is 9. The van der Waals surface area contributed by atoms with Crippen molar-refractivity contribution in [1.82, 2.24) is 4.90 Å². The van der Waals surface area contributed by atoms with Gasteiger partial charge in [-0.2, -0.15) is 5.26 Å². The van der Waals surface area contributed by atoms with Crippen LogP contribution in [-0.2, 0) is 4.79 Å².